The van der Waals surface area contributed by atoms with E-state index in [-0.39, 0.29) is 4.90 Å². The molecular weight excluding hydrogens is 290 g/mol. The third kappa shape index (κ3) is 2.52. The number of morpholine rings is 1. The minimum absolute atomic E-state index is 0.266. The van der Waals surface area contributed by atoms with Crippen LogP contribution in [0.1, 0.15) is 13.8 Å². The van der Waals surface area contributed by atoms with Gasteiger partial charge in [-0.1, -0.05) is 0 Å². The Bertz CT molecular complexity index is 780. The number of hydrogen-bond donors (Lipinski definition) is 2. The van der Waals surface area contributed by atoms with E-state index >= 15 is 0 Å². The highest BCUT2D eigenvalue weighted by atomic mass is 32.2. The number of benzene rings is 1. The number of fused-ring (bicyclic) bond motifs is 1. The van der Waals surface area contributed by atoms with E-state index in [9.17, 15) is 8.42 Å². The Labute approximate surface area is 123 Å². The zero-order valence-electron chi connectivity index (χ0n) is 12.1. The fourth-order valence-corrected chi connectivity index (χ4v) is 4.37. The van der Waals surface area contributed by atoms with Crippen LogP contribution in [0.3, 0.4) is 0 Å². The summed E-state index contributed by atoms with van der Waals surface area (Å²) in [4.78, 5) is 3.25. The van der Waals surface area contributed by atoms with E-state index in [1.807, 2.05) is 13.8 Å². The zero-order chi connectivity index (χ0) is 15.3. The molecule has 2 heterocycles. The maximum atomic E-state index is 12.9. The van der Waals surface area contributed by atoms with E-state index in [0.717, 1.165) is 5.52 Å². The van der Waals surface area contributed by atoms with Crippen molar-refractivity contribution < 1.29 is 13.2 Å². The maximum Gasteiger partial charge on any atom is 0.245 e. The van der Waals surface area contributed by atoms with Gasteiger partial charge < -0.3 is 15.5 Å². The fourth-order valence-electron chi connectivity index (χ4n) is 2.64. The Balaban J connectivity index is 2.06. The van der Waals surface area contributed by atoms with Gasteiger partial charge in [-0.25, -0.2) is 8.42 Å². The summed E-state index contributed by atoms with van der Waals surface area (Å²) in [6, 6.07) is 5.21. The minimum atomic E-state index is -3.57. The number of nitrogens with one attached hydrogen (secondary N) is 1. The molecule has 0 aliphatic carbocycles. The zero-order valence-corrected chi connectivity index (χ0v) is 12.9. The third-order valence-corrected chi connectivity index (χ3v) is 5.56. The monoisotopic (exact) mass is 309 g/mol. The predicted molar refractivity (Wildman–Crippen MR) is 81.5 cm³/mol. The molecule has 114 valence electrons. The lowest BCUT2D eigenvalue weighted by Crippen LogP contribution is -2.50. The second kappa shape index (κ2) is 4.72. The van der Waals surface area contributed by atoms with Gasteiger partial charge >= 0.3 is 0 Å². The molecule has 3 N–H and O–H groups in total. The number of anilines is 1. The van der Waals surface area contributed by atoms with Crippen molar-refractivity contribution in [3.8, 4) is 0 Å². The number of H-pyrrole nitrogens is 1. The summed E-state index contributed by atoms with van der Waals surface area (Å²) in [5.41, 5.74) is 6.60. The maximum absolute atomic E-state index is 12.9. The molecule has 6 nitrogen and oxygen atoms in total. The first kappa shape index (κ1) is 14.4. The number of nitrogen functional groups attached to an aromatic ring is 1. The van der Waals surface area contributed by atoms with E-state index < -0.39 is 15.6 Å². The topological polar surface area (TPSA) is 88.4 Å². The second-order valence-corrected chi connectivity index (χ2v) is 7.81. The minimum Gasteiger partial charge on any atom is -0.399 e. The fraction of sp³-hybridized carbons (Fsp3) is 0.429. The molecule has 21 heavy (non-hydrogen) atoms. The van der Waals surface area contributed by atoms with Crippen molar-refractivity contribution in [2.45, 2.75) is 24.3 Å². The van der Waals surface area contributed by atoms with Crippen molar-refractivity contribution in [1.29, 1.82) is 0 Å². The van der Waals surface area contributed by atoms with Gasteiger partial charge in [0.2, 0.25) is 10.0 Å². The van der Waals surface area contributed by atoms with Gasteiger partial charge in [-0.05, 0) is 32.0 Å². The van der Waals surface area contributed by atoms with Crippen LogP contribution in [0.5, 0.6) is 0 Å². The van der Waals surface area contributed by atoms with Crippen LogP contribution < -0.4 is 5.73 Å². The number of aromatic nitrogens is 1. The molecule has 0 saturated carbocycles. The third-order valence-electron chi connectivity index (χ3n) is 3.68. The Hall–Kier alpha value is -1.57. The second-order valence-electron chi connectivity index (χ2n) is 5.90. The molecular formula is C14H19N3O3S. The van der Waals surface area contributed by atoms with E-state index in [1.165, 1.54) is 10.5 Å². The predicted octanol–water partition coefficient (Wildman–Crippen LogP) is 1.55. The van der Waals surface area contributed by atoms with Crippen LogP contribution in [0, 0.1) is 0 Å². The molecule has 1 saturated heterocycles. The average molecular weight is 309 g/mol. The summed E-state index contributed by atoms with van der Waals surface area (Å²) in [5, 5.41) is 0.624. The van der Waals surface area contributed by atoms with Crippen molar-refractivity contribution in [2.75, 3.05) is 25.4 Å². The van der Waals surface area contributed by atoms with Gasteiger partial charge in [0.15, 0.2) is 0 Å². The molecule has 3 rings (SSSR count). The van der Waals surface area contributed by atoms with Crippen LogP contribution in [0.25, 0.3) is 10.9 Å². The van der Waals surface area contributed by atoms with Gasteiger partial charge in [-0.3, -0.25) is 0 Å². The molecule has 0 radical (unpaired) electrons. The van der Waals surface area contributed by atoms with Crippen molar-refractivity contribution in [3.63, 3.8) is 0 Å². The van der Waals surface area contributed by atoms with Crippen molar-refractivity contribution in [1.82, 2.24) is 9.29 Å². The van der Waals surface area contributed by atoms with Crippen LogP contribution in [-0.2, 0) is 14.8 Å². The Kier molecular flexibility index (Phi) is 3.23. The quantitative estimate of drug-likeness (QED) is 0.824. The number of ether oxygens (including phenoxy) is 1. The van der Waals surface area contributed by atoms with Gasteiger partial charge in [-0.2, -0.15) is 4.31 Å². The van der Waals surface area contributed by atoms with Gasteiger partial charge in [-0.15, -0.1) is 0 Å². The van der Waals surface area contributed by atoms with Gasteiger partial charge in [0, 0.05) is 35.9 Å². The average Bonchev–Trinajstić information content (AvgIpc) is 2.81. The van der Waals surface area contributed by atoms with Crippen LogP contribution in [-0.4, -0.2) is 43.0 Å². The largest absolute Gasteiger partial charge is 0.399 e. The highest BCUT2D eigenvalue weighted by molar-refractivity contribution is 7.89. The van der Waals surface area contributed by atoms with Crippen molar-refractivity contribution in [2.24, 2.45) is 0 Å². The molecule has 2 aromatic rings. The highest BCUT2D eigenvalue weighted by Gasteiger charge is 2.35. The molecule has 0 atom stereocenters. The van der Waals surface area contributed by atoms with Gasteiger partial charge in [0.05, 0.1) is 12.2 Å². The first-order valence-electron chi connectivity index (χ1n) is 6.80. The Morgan fingerprint density at radius 1 is 1.38 bits per heavy atom. The van der Waals surface area contributed by atoms with Crippen molar-refractivity contribution in [3.05, 3.63) is 24.4 Å². The first-order valence-corrected chi connectivity index (χ1v) is 8.24. The summed E-state index contributed by atoms with van der Waals surface area (Å²) in [6.07, 6.45) is 1.53. The summed E-state index contributed by atoms with van der Waals surface area (Å²) in [6.45, 7) is 4.88. The van der Waals surface area contributed by atoms with Crippen molar-refractivity contribution >= 4 is 26.6 Å². The van der Waals surface area contributed by atoms with E-state index in [4.69, 9.17) is 10.5 Å². The molecule has 1 fully saturated rings. The summed E-state index contributed by atoms with van der Waals surface area (Å²) in [7, 11) is -3.57. The van der Waals surface area contributed by atoms with Gasteiger partial charge in [0.25, 0.3) is 0 Å². The Morgan fingerprint density at radius 2 is 2.14 bits per heavy atom. The lowest BCUT2D eigenvalue weighted by Gasteiger charge is -2.37. The van der Waals surface area contributed by atoms with Crippen LogP contribution >= 0.6 is 0 Å². The molecule has 0 bridgehead atoms. The molecule has 0 spiro atoms. The molecule has 1 aromatic heterocycles. The molecule has 1 aliphatic rings. The number of hydrogen-bond acceptors (Lipinski definition) is 4. The molecule has 0 amide bonds. The normalized spacial score (nSPS) is 19.9. The van der Waals surface area contributed by atoms with E-state index in [2.05, 4.69) is 4.98 Å². The van der Waals surface area contributed by atoms with Crippen LogP contribution in [0.4, 0.5) is 5.69 Å². The summed E-state index contributed by atoms with van der Waals surface area (Å²) >= 11 is 0. The lowest BCUT2D eigenvalue weighted by atomic mass is 10.1. The lowest BCUT2D eigenvalue weighted by molar-refractivity contribution is -0.0640. The van der Waals surface area contributed by atoms with Crippen LogP contribution in [0.2, 0.25) is 0 Å². The van der Waals surface area contributed by atoms with Crippen LogP contribution in [0.15, 0.2) is 29.3 Å². The van der Waals surface area contributed by atoms with E-state index in [0.29, 0.717) is 30.8 Å². The van der Waals surface area contributed by atoms with Gasteiger partial charge in [0.1, 0.15) is 4.90 Å². The highest BCUT2D eigenvalue weighted by Crippen LogP contribution is 2.29. The molecule has 1 aromatic carbocycles. The SMILES string of the molecule is CC1(C)CN(S(=O)(=O)c2c[nH]c3ccc(N)cc23)CCO1. The molecule has 7 heteroatoms. The summed E-state index contributed by atoms with van der Waals surface area (Å²) < 4.78 is 32.8. The number of nitrogens with two attached hydrogens (primary N) is 1. The molecule has 1 aliphatic heterocycles. The van der Waals surface area contributed by atoms with E-state index in [1.54, 1.807) is 18.2 Å². The Morgan fingerprint density at radius 3 is 2.86 bits per heavy atom. The number of sulfonamides is 1. The first-order chi connectivity index (χ1) is 9.79. The standard InChI is InChI=1S/C14H19N3O3S/c1-14(2)9-17(5-6-20-14)21(18,19)13-8-16-12-4-3-10(15)7-11(12)13/h3-4,7-8,16H,5-6,9,15H2,1-2H3. The number of nitrogens with zero attached hydrogens (tertiary/aromatic N) is 1. The number of rotatable bonds is 2. The smallest absolute Gasteiger partial charge is 0.245 e. The number of aromatic amines is 1. The molecule has 0 unspecified atom stereocenters. The summed E-state index contributed by atoms with van der Waals surface area (Å²) in [5.74, 6) is 0.